The Morgan fingerprint density at radius 3 is 2.60 bits per heavy atom. The fourth-order valence-corrected chi connectivity index (χ4v) is 2.43. The highest BCUT2D eigenvalue weighted by Crippen LogP contribution is 2.11. The summed E-state index contributed by atoms with van der Waals surface area (Å²) in [6.45, 7) is 0. The van der Waals surface area contributed by atoms with E-state index in [1.165, 1.54) is 6.07 Å². The lowest BCUT2D eigenvalue weighted by Crippen LogP contribution is -2.16. The molecular formula is C17H17N5O3. The van der Waals surface area contributed by atoms with E-state index in [0.29, 0.717) is 24.2 Å². The Balaban J connectivity index is 1.72. The number of nitrogens with zero attached hydrogens (tertiary/aromatic N) is 4. The summed E-state index contributed by atoms with van der Waals surface area (Å²) in [6, 6.07) is 8.53. The SMILES string of the molecule is Cn1cc(-n2ccc(=O)c(CCc3ccc(NC(=O)O)cc3)n2)cn1. The number of carbonyl (C=O) groups is 1. The third kappa shape index (κ3) is 4.11. The summed E-state index contributed by atoms with van der Waals surface area (Å²) in [6.07, 6.45) is 5.13. The summed E-state index contributed by atoms with van der Waals surface area (Å²) in [5.74, 6) is 0. The van der Waals surface area contributed by atoms with Gasteiger partial charge in [-0.3, -0.25) is 14.8 Å². The molecule has 0 saturated heterocycles. The molecule has 2 N–H and O–H groups in total. The molecule has 3 rings (SSSR count). The number of anilines is 1. The minimum atomic E-state index is -1.10. The molecule has 0 saturated carbocycles. The van der Waals surface area contributed by atoms with Crippen molar-refractivity contribution in [1.29, 1.82) is 0 Å². The first-order valence-electron chi connectivity index (χ1n) is 7.68. The standard InChI is InChI=1S/C17H17N5O3/c1-21-11-14(10-18-21)22-9-8-16(23)15(20-22)7-4-12-2-5-13(6-3-12)19-17(24)25/h2-3,5-6,8-11,19H,4,7H2,1H3,(H,24,25). The van der Waals surface area contributed by atoms with Gasteiger partial charge in [-0.15, -0.1) is 0 Å². The van der Waals surface area contributed by atoms with E-state index in [0.717, 1.165) is 11.3 Å². The first-order valence-corrected chi connectivity index (χ1v) is 7.68. The number of aromatic nitrogens is 4. The number of amides is 1. The molecule has 0 bridgehead atoms. The molecule has 0 atom stereocenters. The van der Waals surface area contributed by atoms with Crippen LogP contribution in [0.1, 0.15) is 11.3 Å². The zero-order valence-electron chi connectivity index (χ0n) is 13.6. The van der Waals surface area contributed by atoms with Gasteiger partial charge in [-0.2, -0.15) is 10.2 Å². The number of aryl methyl sites for hydroxylation is 3. The molecule has 0 aliphatic rings. The molecule has 128 valence electrons. The van der Waals surface area contributed by atoms with E-state index < -0.39 is 6.09 Å². The fraction of sp³-hybridized carbons (Fsp3) is 0.176. The molecule has 0 aliphatic heterocycles. The predicted molar refractivity (Wildman–Crippen MR) is 92.1 cm³/mol. The lowest BCUT2D eigenvalue weighted by atomic mass is 10.1. The fourth-order valence-electron chi connectivity index (χ4n) is 2.43. The normalized spacial score (nSPS) is 10.6. The van der Waals surface area contributed by atoms with Crippen molar-refractivity contribution in [3.05, 3.63) is 70.4 Å². The van der Waals surface area contributed by atoms with Gasteiger partial charge in [0.25, 0.3) is 0 Å². The summed E-state index contributed by atoms with van der Waals surface area (Å²) in [7, 11) is 1.82. The third-order valence-corrected chi connectivity index (χ3v) is 3.69. The number of hydrogen-bond acceptors (Lipinski definition) is 4. The molecule has 0 spiro atoms. The van der Waals surface area contributed by atoms with Crippen molar-refractivity contribution < 1.29 is 9.90 Å². The van der Waals surface area contributed by atoms with E-state index >= 15 is 0 Å². The molecular weight excluding hydrogens is 322 g/mol. The average molecular weight is 339 g/mol. The molecule has 2 heterocycles. The zero-order valence-corrected chi connectivity index (χ0v) is 13.6. The Morgan fingerprint density at radius 1 is 1.20 bits per heavy atom. The van der Waals surface area contributed by atoms with E-state index in [1.807, 2.05) is 25.4 Å². The highest BCUT2D eigenvalue weighted by atomic mass is 16.4. The Kier molecular flexibility index (Phi) is 4.60. The highest BCUT2D eigenvalue weighted by molar-refractivity contribution is 5.82. The topological polar surface area (TPSA) is 102 Å². The number of hydrogen-bond donors (Lipinski definition) is 2. The van der Waals surface area contributed by atoms with Gasteiger partial charge in [0.05, 0.1) is 12.4 Å². The van der Waals surface area contributed by atoms with Crippen LogP contribution in [0.4, 0.5) is 10.5 Å². The summed E-state index contributed by atoms with van der Waals surface area (Å²) in [5, 5.41) is 19.4. The summed E-state index contributed by atoms with van der Waals surface area (Å²) < 4.78 is 3.30. The van der Waals surface area contributed by atoms with Crippen molar-refractivity contribution in [2.45, 2.75) is 12.8 Å². The van der Waals surface area contributed by atoms with Gasteiger partial charge in [-0.1, -0.05) is 12.1 Å². The van der Waals surface area contributed by atoms with Gasteiger partial charge < -0.3 is 5.11 Å². The van der Waals surface area contributed by atoms with Gasteiger partial charge in [0.2, 0.25) is 5.43 Å². The predicted octanol–water partition coefficient (Wildman–Crippen LogP) is 1.84. The maximum Gasteiger partial charge on any atom is 0.409 e. The van der Waals surface area contributed by atoms with Crippen LogP contribution in [0.3, 0.4) is 0 Å². The van der Waals surface area contributed by atoms with Gasteiger partial charge in [-0.05, 0) is 30.5 Å². The molecule has 1 amide bonds. The van der Waals surface area contributed by atoms with Crippen molar-refractivity contribution >= 4 is 11.8 Å². The second kappa shape index (κ2) is 7.00. The van der Waals surface area contributed by atoms with Gasteiger partial charge in [0.15, 0.2) is 0 Å². The molecule has 8 heteroatoms. The maximum atomic E-state index is 12.0. The third-order valence-electron chi connectivity index (χ3n) is 3.69. The van der Waals surface area contributed by atoms with Crippen LogP contribution in [-0.2, 0) is 19.9 Å². The van der Waals surface area contributed by atoms with Crippen LogP contribution >= 0.6 is 0 Å². The Labute approximate surface area is 143 Å². The molecule has 25 heavy (non-hydrogen) atoms. The van der Waals surface area contributed by atoms with E-state index in [9.17, 15) is 9.59 Å². The van der Waals surface area contributed by atoms with Crippen LogP contribution in [0.5, 0.6) is 0 Å². The van der Waals surface area contributed by atoms with Gasteiger partial charge in [-0.25, -0.2) is 9.48 Å². The number of nitrogens with one attached hydrogen (secondary N) is 1. The van der Waals surface area contributed by atoms with Gasteiger partial charge in [0.1, 0.15) is 11.4 Å². The summed E-state index contributed by atoms with van der Waals surface area (Å²) in [5.41, 5.74) is 2.65. The minimum absolute atomic E-state index is 0.107. The Bertz CT molecular complexity index is 943. The van der Waals surface area contributed by atoms with Crippen molar-refractivity contribution in [3.63, 3.8) is 0 Å². The van der Waals surface area contributed by atoms with E-state index in [1.54, 1.807) is 33.9 Å². The smallest absolute Gasteiger partial charge is 0.409 e. The molecule has 1 aromatic carbocycles. The number of benzene rings is 1. The van der Waals surface area contributed by atoms with Crippen LogP contribution in [0.25, 0.3) is 5.69 Å². The second-order valence-electron chi connectivity index (χ2n) is 5.57. The summed E-state index contributed by atoms with van der Waals surface area (Å²) in [4.78, 5) is 22.6. The van der Waals surface area contributed by atoms with Crippen LogP contribution in [0.15, 0.2) is 53.7 Å². The molecule has 0 fully saturated rings. The van der Waals surface area contributed by atoms with E-state index in [2.05, 4.69) is 15.5 Å². The van der Waals surface area contributed by atoms with Crippen molar-refractivity contribution in [3.8, 4) is 5.69 Å². The van der Waals surface area contributed by atoms with Gasteiger partial charge in [0, 0.05) is 25.0 Å². The first-order chi connectivity index (χ1) is 12.0. The second-order valence-corrected chi connectivity index (χ2v) is 5.57. The number of rotatable bonds is 5. The van der Waals surface area contributed by atoms with Crippen LogP contribution < -0.4 is 10.7 Å². The lowest BCUT2D eigenvalue weighted by Gasteiger charge is -2.06. The monoisotopic (exact) mass is 339 g/mol. The largest absolute Gasteiger partial charge is 0.465 e. The molecule has 3 aromatic rings. The van der Waals surface area contributed by atoms with Crippen molar-refractivity contribution in [2.75, 3.05) is 5.32 Å². The van der Waals surface area contributed by atoms with Crippen molar-refractivity contribution in [2.24, 2.45) is 7.05 Å². The zero-order chi connectivity index (χ0) is 17.8. The van der Waals surface area contributed by atoms with Crippen LogP contribution in [0, 0.1) is 0 Å². The van der Waals surface area contributed by atoms with E-state index in [4.69, 9.17) is 5.11 Å². The maximum absolute atomic E-state index is 12.0. The average Bonchev–Trinajstić information content (AvgIpc) is 3.01. The molecule has 8 nitrogen and oxygen atoms in total. The quantitative estimate of drug-likeness (QED) is 0.738. The Morgan fingerprint density at radius 2 is 1.96 bits per heavy atom. The molecule has 0 unspecified atom stereocenters. The molecule has 0 aliphatic carbocycles. The van der Waals surface area contributed by atoms with Crippen LogP contribution in [0.2, 0.25) is 0 Å². The lowest BCUT2D eigenvalue weighted by molar-refractivity contribution is 0.210. The molecule has 0 radical (unpaired) electrons. The van der Waals surface area contributed by atoms with Crippen LogP contribution in [-0.4, -0.2) is 30.8 Å². The van der Waals surface area contributed by atoms with Crippen molar-refractivity contribution in [1.82, 2.24) is 19.6 Å². The summed E-state index contributed by atoms with van der Waals surface area (Å²) >= 11 is 0. The molecule has 2 aromatic heterocycles. The minimum Gasteiger partial charge on any atom is -0.465 e. The van der Waals surface area contributed by atoms with Gasteiger partial charge >= 0.3 is 6.09 Å². The Hall–Kier alpha value is -3.42. The highest BCUT2D eigenvalue weighted by Gasteiger charge is 2.06. The first kappa shape index (κ1) is 16.4. The van der Waals surface area contributed by atoms with E-state index in [-0.39, 0.29) is 5.43 Å². The number of carboxylic acid groups (broad SMARTS) is 1.